The number of aromatic nitrogens is 1. The highest BCUT2D eigenvalue weighted by Crippen LogP contribution is 2.52. The Labute approximate surface area is 198 Å². The van der Waals surface area contributed by atoms with Gasteiger partial charge in [0.15, 0.2) is 17.2 Å². The number of carbonyl (C=O) groups is 4. The number of phenols is 1. The monoisotopic (exact) mass is 479 g/mol. The van der Waals surface area contributed by atoms with Crippen molar-refractivity contribution < 1.29 is 44.1 Å². The second-order valence-corrected chi connectivity index (χ2v) is 9.17. The molecule has 10 nitrogen and oxygen atoms in total. The Morgan fingerprint density at radius 3 is 2.54 bits per heavy atom. The van der Waals surface area contributed by atoms with Crippen LogP contribution in [0.5, 0.6) is 5.75 Å². The Morgan fingerprint density at radius 2 is 1.89 bits per heavy atom. The van der Waals surface area contributed by atoms with Crippen molar-refractivity contribution in [3.63, 3.8) is 0 Å². The number of nitrogens with zero attached hydrogens (tertiary/aromatic N) is 1. The van der Waals surface area contributed by atoms with Crippen LogP contribution in [0.25, 0.3) is 5.76 Å². The zero-order valence-electron chi connectivity index (χ0n) is 18.6. The molecule has 5 rings (SSSR count). The minimum Gasteiger partial charge on any atom is -0.508 e. The van der Waals surface area contributed by atoms with Gasteiger partial charge in [-0.1, -0.05) is 11.2 Å². The molecule has 35 heavy (non-hydrogen) atoms. The maximum Gasteiger partial charge on any atom is 0.205 e. The van der Waals surface area contributed by atoms with Crippen LogP contribution in [0.3, 0.4) is 0 Å². The number of aliphatic hydroxyl groups is 3. The van der Waals surface area contributed by atoms with Gasteiger partial charge in [0.05, 0.1) is 11.8 Å². The molecule has 0 amide bonds. The Balaban J connectivity index is 1.62. The van der Waals surface area contributed by atoms with Gasteiger partial charge < -0.3 is 24.9 Å². The van der Waals surface area contributed by atoms with Crippen LogP contribution in [0.15, 0.2) is 45.8 Å². The molecule has 1 aromatic heterocycles. The summed E-state index contributed by atoms with van der Waals surface area (Å²) >= 11 is 0. The fraction of sp³-hybridized carbons (Fsp3) is 0.320. The fourth-order valence-electron chi connectivity index (χ4n) is 5.58. The molecular weight excluding hydrogens is 458 g/mol. The molecule has 3 atom stereocenters. The lowest BCUT2D eigenvalue weighted by Gasteiger charge is -2.46. The van der Waals surface area contributed by atoms with Gasteiger partial charge in [-0.3, -0.25) is 19.2 Å². The highest BCUT2D eigenvalue weighted by Gasteiger charge is 2.60. The summed E-state index contributed by atoms with van der Waals surface area (Å²) in [6, 6.07) is 4.24. The number of rotatable bonds is 4. The first-order chi connectivity index (χ1) is 16.6. The quantitative estimate of drug-likeness (QED) is 0.374. The lowest BCUT2D eigenvalue weighted by Crippen LogP contribution is -2.57. The van der Waals surface area contributed by atoms with E-state index in [9.17, 15) is 39.6 Å². The first-order valence-electron chi connectivity index (χ1n) is 11.0. The largest absolute Gasteiger partial charge is 0.508 e. The predicted octanol–water partition coefficient (Wildman–Crippen LogP) is 1.94. The van der Waals surface area contributed by atoms with E-state index in [0.717, 1.165) is 6.92 Å². The number of Topliss-reactive ketones (excluding diaryl/α,β-unsaturated/α-hetero) is 4. The second kappa shape index (κ2) is 7.74. The molecule has 0 aliphatic heterocycles. The highest BCUT2D eigenvalue weighted by molar-refractivity contribution is 6.23. The van der Waals surface area contributed by atoms with Gasteiger partial charge in [-0.25, -0.2) is 0 Å². The molecule has 0 unspecified atom stereocenters. The van der Waals surface area contributed by atoms with Gasteiger partial charge in [0.25, 0.3) is 0 Å². The molecule has 0 saturated heterocycles. The van der Waals surface area contributed by atoms with Gasteiger partial charge >= 0.3 is 0 Å². The van der Waals surface area contributed by atoms with Crippen molar-refractivity contribution in [2.45, 2.75) is 38.2 Å². The Bertz CT molecular complexity index is 1380. The van der Waals surface area contributed by atoms with Crippen molar-refractivity contribution in [3.8, 4) is 5.75 Å². The molecule has 180 valence electrons. The average Bonchev–Trinajstić information content (AvgIpc) is 3.33. The molecule has 2 aromatic rings. The van der Waals surface area contributed by atoms with Gasteiger partial charge in [-0.05, 0) is 42.9 Å². The number of ketones is 4. The first-order valence-corrected chi connectivity index (χ1v) is 11.0. The summed E-state index contributed by atoms with van der Waals surface area (Å²) in [5.41, 5.74) is -2.46. The van der Waals surface area contributed by atoms with Crippen LogP contribution in [0.1, 0.15) is 47.0 Å². The summed E-state index contributed by atoms with van der Waals surface area (Å²) in [5, 5.41) is 47.1. The first kappa shape index (κ1) is 22.7. The number of hydrogen-bond donors (Lipinski definition) is 4. The third kappa shape index (κ3) is 3.17. The Morgan fingerprint density at radius 1 is 1.14 bits per heavy atom. The molecule has 0 spiro atoms. The van der Waals surface area contributed by atoms with Gasteiger partial charge in [0.2, 0.25) is 17.3 Å². The number of carbonyl (C=O) groups excluding carboxylic acids is 4. The second-order valence-electron chi connectivity index (χ2n) is 9.17. The number of fused-ring (bicyclic) bond motifs is 3. The molecule has 3 aliphatic rings. The summed E-state index contributed by atoms with van der Waals surface area (Å²) in [5.74, 6) is -6.36. The lowest BCUT2D eigenvalue weighted by atomic mass is 9.59. The van der Waals surface area contributed by atoms with Crippen LogP contribution in [-0.2, 0) is 27.2 Å². The van der Waals surface area contributed by atoms with Gasteiger partial charge in [-0.15, -0.1) is 0 Å². The highest BCUT2D eigenvalue weighted by atomic mass is 16.5. The minimum absolute atomic E-state index is 0.0448. The number of aromatic hydroxyl groups is 1. The van der Waals surface area contributed by atoms with E-state index in [-0.39, 0.29) is 54.1 Å². The maximum atomic E-state index is 13.5. The summed E-state index contributed by atoms with van der Waals surface area (Å²) in [7, 11) is 0. The molecule has 1 aromatic carbocycles. The van der Waals surface area contributed by atoms with E-state index in [0.29, 0.717) is 11.1 Å². The third-order valence-corrected chi connectivity index (χ3v) is 7.21. The third-order valence-electron chi connectivity index (χ3n) is 7.21. The van der Waals surface area contributed by atoms with E-state index >= 15 is 0 Å². The molecule has 10 heteroatoms. The Kier molecular flexibility index (Phi) is 5.03. The van der Waals surface area contributed by atoms with Gasteiger partial charge in [-0.2, -0.15) is 0 Å². The van der Waals surface area contributed by atoms with Gasteiger partial charge in [0.1, 0.15) is 22.8 Å². The number of phenolic OH excluding ortho intramolecular Hbond substituents is 1. The fourth-order valence-corrected chi connectivity index (χ4v) is 5.58. The predicted molar refractivity (Wildman–Crippen MR) is 117 cm³/mol. The summed E-state index contributed by atoms with van der Waals surface area (Å²) < 4.78 is 4.91. The van der Waals surface area contributed by atoms with E-state index in [4.69, 9.17) is 4.52 Å². The van der Waals surface area contributed by atoms with Crippen LogP contribution < -0.4 is 0 Å². The molecule has 3 aliphatic carbocycles. The average molecular weight is 479 g/mol. The number of aliphatic hydroxyl groups excluding tert-OH is 2. The molecule has 1 saturated carbocycles. The van der Waals surface area contributed by atoms with Crippen molar-refractivity contribution >= 4 is 28.9 Å². The summed E-state index contributed by atoms with van der Waals surface area (Å²) in [6.07, 6.45) is 1.09. The van der Waals surface area contributed by atoms with Crippen molar-refractivity contribution in [1.82, 2.24) is 5.16 Å². The van der Waals surface area contributed by atoms with Crippen LogP contribution in [0.2, 0.25) is 0 Å². The van der Waals surface area contributed by atoms with E-state index in [2.05, 4.69) is 5.16 Å². The molecule has 1 fully saturated rings. The lowest BCUT2D eigenvalue weighted by molar-refractivity contribution is -0.147. The van der Waals surface area contributed by atoms with Crippen LogP contribution in [0.4, 0.5) is 0 Å². The Hall–Kier alpha value is -4.05. The van der Waals surface area contributed by atoms with Crippen molar-refractivity contribution in [2.24, 2.45) is 11.8 Å². The van der Waals surface area contributed by atoms with Crippen molar-refractivity contribution in [1.29, 1.82) is 0 Å². The minimum atomic E-state index is -2.54. The molecule has 1 heterocycles. The van der Waals surface area contributed by atoms with Crippen LogP contribution >= 0.6 is 0 Å². The molecule has 0 radical (unpaired) electrons. The smallest absolute Gasteiger partial charge is 0.205 e. The zero-order chi connectivity index (χ0) is 25.2. The van der Waals surface area contributed by atoms with Crippen molar-refractivity contribution in [3.05, 3.63) is 63.8 Å². The van der Waals surface area contributed by atoms with E-state index < -0.39 is 51.9 Å². The summed E-state index contributed by atoms with van der Waals surface area (Å²) in [6.45, 7) is 1.05. The zero-order valence-corrected chi connectivity index (χ0v) is 18.6. The van der Waals surface area contributed by atoms with E-state index in [1.165, 1.54) is 18.3 Å². The number of benzene rings is 1. The summed E-state index contributed by atoms with van der Waals surface area (Å²) in [4.78, 5) is 50.5. The SMILES string of the molecule is CC(=O)C1=C(O)[C@@]2(O)C(=O)C3=C(O)c4c(O)ccc(CC(=O)c5ccno5)c4C[C@H]3C[C@H]2CC1=O. The van der Waals surface area contributed by atoms with Gasteiger partial charge in [0, 0.05) is 30.4 Å². The topological polar surface area (TPSA) is 175 Å². The van der Waals surface area contributed by atoms with Crippen molar-refractivity contribution in [2.75, 3.05) is 0 Å². The maximum absolute atomic E-state index is 13.5. The molecular formula is C25H21NO9. The standard InChI is InChI=1S/C25H21NO9/c1-10(27)19-17(30)9-13-6-12-7-14-11(8-16(29)18-4-5-26-35-18)2-3-15(28)21(14)22(31)20(12)24(33)25(13,34)23(19)32/h2-5,12-13,28,31-32,34H,6-9H2,1H3/t12-,13+,25-/m1/s1. The van der Waals surface area contributed by atoms with Crippen LogP contribution in [0, 0.1) is 11.8 Å². The number of hydrogen-bond acceptors (Lipinski definition) is 10. The normalized spacial score (nSPS) is 25.8. The van der Waals surface area contributed by atoms with E-state index in [1.54, 1.807) is 6.07 Å². The number of allylic oxidation sites excluding steroid dienone is 1. The van der Waals surface area contributed by atoms with Crippen LogP contribution in [-0.4, -0.2) is 54.3 Å². The molecule has 4 N–H and O–H groups in total. The molecule has 0 bridgehead atoms. The van der Waals surface area contributed by atoms with E-state index in [1.807, 2.05) is 0 Å².